The highest BCUT2D eigenvalue weighted by molar-refractivity contribution is 5.30. The van der Waals surface area contributed by atoms with E-state index in [1.807, 2.05) is 7.05 Å². The first kappa shape index (κ1) is 10.7. The molecule has 1 N–H and O–H groups in total. The maximum Gasteiger partial charge on any atom is 0.176 e. The Labute approximate surface area is 92.3 Å². The molecule has 0 radical (unpaired) electrons. The van der Waals surface area contributed by atoms with Crippen molar-refractivity contribution in [2.24, 2.45) is 0 Å². The Morgan fingerprint density at radius 1 is 1.38 bits per heavy atom. The van der Waals surface area contributed by atoms with Gasteiger partial charge in [0.1, 0.15) is 5.69 Å². The second kappa shape index (κ2) is 4.80. The van der Waals surface area contributed by atoms with Gasteiger partial charge < -0.3 is 5.32 Å². The number of tetrazole rings is 1. The van der Waals surface area contributed by atoms with Crippen molar-refractivity contribution in [2.45, 2.75) is 6.42 Å². The number of hydrogen-bond acceptors (Lipinski definition) is 4. The quantitative estimate of drug-likeness (QED) is 0.819. The lowest BCUT2D eigenvalue weighted by Crippen LogP contribution is -2.11. The minimum atomic E-state index is -0.361. The number of nitrogens with zero attached hydrogens (tertiary/aromatic N) is 4. The van der Waals surface area contributed by atoms with Crippen molar-refractivity contribution in [1.29, 1.82) is 0 Å². The first-order valence-electron chi connectivity index (χ1n) is 4.99. The van der Waals surface area contributed by atoms with Gasteiger partial charge in [0.15, 0.2) is 11.6 Å². The summed E-state index contributed by atoms with van der Waals surface area (Å²) in [6.07, 6.45) is 0.672. The second-order valence-electron chi connectivity index (χ2n) is 3.30. The van der Waals surface area contributed by atoms with Crippen LogP contribution in [0.5, 0.6) is 0 Å². The molecule has 2 rings (SSSR count). The van der Waals surface area contributed by atoms with Gasteiger partial charge in [-0.15, -0.1) is 15.0 Å². The molecule has 0 fully saturated rings. The smallest absolute Gasteiger partial charge is 0.176 e. The van der Waals surface area contributed by atoms with Crippen molar-refractivity contribution in [2.75, 3.05) is 13.6 Å². The van der Waals surface area contributed by atoms with Crippen LogP contribution < -0.4 is 5.32 Å². The van der Waals surface area contributed by atoms with Crippen LogP contribution in [-0.4, -0.2) is 33.8 Å². The van der Waals surface area contributed by atoms with E-state index in [0.29, 0.717) is 17.9 Å². The largest absolute Gasteiger partial charge is 0.319 e. The Kier molecular flexibility index (Phi) is 3.21. The van der Waals surface area contributed by atoms with E-state index < -0.39 is 0 Å². The molecule has 0 bridgehead atoms. The number of para-hydroxylation sites is 1. The molecule has 0 spiro atoms. The van der Waals surface area contributed by atoms with Crippen molar-refractivity contribution in [3.63, 3.8) is 0 Å². The number of aromatic nitrogens is 4. The van der Waals surface area contributed by atoms with Crippen molar-refractivity contribution >= 4 is 0 Å². The molecule has 5 nitrogen and oxygen atoms in total. The average molecular weight is 221 g/mol. The highest BCUT2D eigenvalue weighted by Crippen LogP contribution is 2.09. The summed E-state index contributed by atoms with van der Waals surface area (Å²) in [5.41, 5.74) is 0.311. The molecule has 0 atom stereocenters. The van der Waals surface area contributed by atoms with Gasteiger partial charge in [0.25, 0.3) is 0 Å². The van der Waals surface area contributed by atoms with Crippen LogP contribution >= 0.6 is 0 Å². The first-order valence-corrected chi connectivity index (χ1v) is 4.99. The number of halogens is 1. The predicted molar refractivity (Wildman–Crippen MR) is 56.7 cm³/mol. The van der Waals surface area contributed by atoms with Gasteiger partial charge in [-0.3, -0.25) is 0 Å². The molecule has 0 unspecified atom stereocenters. The Bertz CT molecular complexity index is 468. The van der Waals surface area contributed by atoms with Crippen LogP contribution in [0.1, 0.15) is 5.82 Å². The molecule has 0 aliphatic rings. The van der Waals surface area contributed by atoms with Crippen molar-refractivity contribution in [3.05, 3.63) is 35.9 Å². The molecule has 0 aliphatic carbocycles. The monoisotopic (exact) mass is 221 g/mol. The highest BCUT2D eigenvalue weighted by atomic mass is 19.1. The van der Waals surface area contributed by atoms with E-state index in [4.69, 9.17) is 0 Å². The van der Waals surface area contributed by atoms with Crippen LogP contribution in [-0.2, 0) is 6.42 Å². The molecule has 1 aromatic carbocycles. The molecule has 0 aliphatic heterocycles. The fraction of sp³-hybridized carbons (Fsp3) is 0.300. The molecule has 6 heteroatoms. The lowest BCUT2D eigenvalue weighted by atomic mass is 10.3. The zero-order valence-electron chi connectivity index (χ0n) is 8.89. The zero-order chi connectivity index (χ0) is 11.4. The minimum Gasteiger partial charge on any atom is -0.319 e. The van der Waals surface area contributed by atoms with E-state index in [-0.39, 0.29) is 5.82 Å². The van der Waals surface area contributed by atoms with Gasteiger partial charge in [-0.1, -0.05) is 12.1 Å². The van der Waals surface area contributed by atoms with E-state index in [1.165, 1.54) is 10.9 Å². The molecular weight excluding hydrogens is 209 g/mol. The third kappa shape index (κ3) is 2.22. The molecular formula is C10H12FN5. The summed E-state index contributed by atoms with van der Waals surface area (Å²) >= 11 is 0. The Morgan fingerprint density at radius 3 is 2.94 bits per heavy atom. The lowest BCUT2D eigenvalue weighted by Gasteiger charge is -1.98. The van der Waals surface area contributed by atoms with Gasteiger partial charge in [-0.05, 0) is 24.4 Å². The Balaban J connectivity index is 2.22. The molecule has 2 aromatic rings. The third-order valence-electron chi connectivity index (χ3n) is 2.12. The molecule has 84 valence electrons. The van der Waals surface area contributed by atoms with E-state index >= 15 is 0 Å². The maximum atomic E-state index is 13.4. The lowest BCUT2D eigenvalue weighted by molar-refractivity contribution is 0.591. The molecule has 1 heterocycles. The summed E-state index contributed by atoms with van der Waals surface area (Å²) in [7, 11) is 1.85. The van der Waals surface area contributed by atoms with Crippen LogP contribution in [0.2, 0.25) is 0 Å². The molecule has 0 saturated carbocycles. The number of hydrogen-bond donors (Lipinski definition) is 1. The first-order chi connectivity index (χ1) is 7.81. The van der Waals surface area contributed by atoms with E-state index in [0.717, 1.165) is 6.54 Å². The molecule has 0 amide bonds. The summed E-state index contributed by atoms with van der Waals surface area (Å²) in [6.45, 7) is 0.767. The second-order valence-corrected chi connectivity index (χ2v) is 3.30. The van der Waals surface area contributed by atoms with E-state index in [1.54, 1.807) is 18.2 Å². The molecule has 16 heavy (non-hydrogen) atoms. The van der Waals surface area contributed by atoms with Gasteiger partial charge in [0.05, 0.1) is 0 Å². The van der Waals surface area contributed by atoms with Crippen LogP contribution in [0.25, 0.3) is 5.69 Å². The molecule has 1 aromatic heterocycles. The summed E-state index contributed by atoms with van der Waals surface area (Å²) in [6, 6.07) is 6.33. The van der Waals surface area contributed by atoms with Gasteiger partial charge in [0, 0.05) is 13.0 Å². The third-order valence-corrected chi connectivity index (χ3v) is 2.12. The van der Waals surface area contributed by atoms with Crippen LogP contribution in [0, 0.1) is 5.82 Å². The summed E-state index contributed by atoms with van der Waals surface area (Å²) in [4.78, 5) is 1.21. The highest BCUT2D eigenvalue weighted by Gasteiger charge is 2.07. The summed E-state index contributed by atoms with van der Waals surface area (Å²) in [5.74, 6) is 0.234. The minimum absolute atomic E-state index is 0.311. The standard InChI is InChI=1S/C10H12FN5/c1-12-7-6-10-13-15-16(14-10)9-5-3-2-4-8(9)11/h2-5,12H,6-7H2,1H3. The number of benzene rings is 1. The van der Waals surface area contributed by atoms with Gasteiger partial charge >= 0.3 is 0 Å². The summed E-state index contributed by atoms with van der Waals surface area (Å²) in [5, 5.41) is 14.7. The fourth-order valence-corrected chi connectivity index (χ4v) is 1.30. The maximum absolute atomic E-state index is 13.4. The van der Waals surface area contributed by atoms with E-state index in [2.05, 4.69) is 20.7 Å². The van der Waals surface area contributed by atoms with E-state index in [9.17, 15) is 4.39 Å². The van der Waals surface area contributed by atoms with Crippen LogP contribution in [0.15, 0.2) is 24.3 Å². The van der Waals surface area contributed by atoms with Crippen molar-refractivity contribution in [3.8, 4) is 5.69 Å². The molecule has 0 saturated heterocycles. The van der Waals surface area contributed by atoms with Gasteiger partial charge in [0.2, 0.25) is 0 Å². The number of rotatable bonds is 4. The fourth-order valence-electron chi connectivity index (χ4n) is 1.30. The predicted octanol–water partition coefficient (Wildman–Crippen LogP) is 0.563. The Morgan fingerprint density at radius 2 is 2.19 bits per heavy atom. The van der Waals surface area contributed by atoms with Gasteiger partial charge in [-0.25, -0.2) is 4.39 Å². The summed E-state index contributed by atoms with van der Waals surface area (Å²) < 4.78 is 13.4. The number of likely N-dealkylation sites (N-methyl/N-ethyl adjacent to an activating group) is 1. The number of nitrogens with one attached hydrogen (secondary N) is 1. The topological polar surface area (TPSA) is 55.6 Å². The van der Waals surface area contributed by atoms with Crippen LogP contribution in [0.3, 0.4) is 0 Å². The van der Waals surface area contributed by atoms with Crippen molar-refractivity contribution < 1.29 is 4.39 Å². The zero-order valence-corrected chi connectivity index (χ0v) is 8.89. The Hall–Kier alpha value is -1.82. The van der Waals surface area contributed by atoms with Gasteiger partial charge in [-0.2, -0.15) is 0 Å². The van der Waals surface area contributed by atoms with Crippen LogP contribution in [0.4, 0.5) is 4.39 Å². The normalized spacial score (nSPS) is 10.6. The van der Waals surface area contributed by atoms with Crippen molar-refractivity contribution in [1.82, 2.24) is 25.5 Å². The SMILES string of the molecule is CNCCc1nnn(-c2ccccc2F)n1. The average Bonchev–Trinajstić information content (AvgIpc) is 2.75.